The second-order valence-electron chi connectivity index (χ2n) is 4.96. The molecule has 8 heteroatoms. The zero-order valence-electron chi connectivity index (χ0n) is 12.4. The van der Waals surface area contributed by atoms with E-state index in [9.17, 15) is 0 Å². The van der Waals surface area contributed by atoms with E-state index in [2.05, 4.69) is 167 Å². The molecular weight excluding hydrogens is 986 g/mol. The van der Waals surface area contributed by atoms with Gasteiger partial charge in [-0.05, 0) is 167 Å². The van der Waals surface area contributed by atoms with E-state index >= 15 is 0 Å². The summed E-state index contributed by atoms with van der Waals surface area (Å²) in [5.41, 5.74) is 0. The summed E-state index contributed by atoms with van der Waals surface area (Å²) in [5.74, 6) is 1.95. The van der Waals surface area contributed by atoms with Crippen LogP contribution in [0.15, 0.2) is 24.3 Å². The molecule has 0 saturated heterocycles. The van der Waals surface area contributed by atoms with E-state index < -0.39 is 0 Å². The van der Waals surface area contributed by atoms with Crippen molar-refractivity contribution in [3.05, 3.63) is 45.7 Å². The molecule has 0 spiro atoms. The summed E-state index contributed by atoms with van der Waals surface area (Å²) in [6.07, 6.45) is 0.947. The maximum absolute atomic E-state index is 6.15. The zero-order valence-corrected chi connectivity index (χ0v) is 25.3. The van der Waals surface area contributed by atoms with E-state index in [4.69, 9.17) is 9.47 Å². The van der Waals surface area contributed by atoms with Crippen LogP contribution in [0, 0.1) is 21.4 Å². The Hall–Kier alpha value is 2.42. The number of benzene rings is 2. The van der Waals surface area contributed by atoms with Crippen LogP contribution in [0.25, 0.3) is 0 Å². The van der Waals surface area contributed by atoms with Crippen LogP contribution in [0.5, 0.6) is 11.5 Å². The van der Waals surface area contributed by atoms with Crippen LogP contribution in [0.3, 0.4) is 0 Å². The van der Waals surface area contributed by atoms with Gasteiger partial charge in [-0.2, -0.15) is 0 Å². The molecule has 24 heavy (non-hydrogen) atoms. The molecule has 0 N–H and O–H groups in total. The minimum absolute atomic E-state index is 0.103. The fourth-order valence-electron chi connectivity index (χ4n) is 1.90. The number of ether oxygens (including phenoxy) is 2. The van der Waals surface area contributed by atoms with Gasteiger partial charge in [0, 0.05) is 13.6 Å². The van der Waals surface area contributed by atoms with Crippen molar-refractivity contribution in [2.75, 3.05) is 6.61 Å². The molecule has 1 unspecified atom stereocenters. The number of halogens is 6. The van der Waals surface area contributed by atoms with Gasteiger partial charge >= 0.3 is 0 Å². The van der Waals surface area contributed by atoms with Crippen molar-refractivity contribution in [2.45, 2.75) is 19.4 Å². The van der Waals surface area contributed by atoms with Crippen molar-refractivity contribution in [1.82, 2.24) is 0 Å². The molecule has 0 fully saturated rings. The molecule has 2 nitrogen and oxygen atoms in total. The molecular formula is C16H12I6O2. The second-order valence-corrected chi connectivity index (χ2v) is 12.1. The van der Waals surface area contributed by atoms with Crippen LogP contribution >= 0.6 is 136 Å². The average molecular weight is 998 g/mol. The lowest BCUT2D eigenvalue weighted by atomic mass is 10.3. The van der Waals surface area contributed by atoms with E-state index in [-0.39, 0.29) is 6.10 Å². The van der Waals surface area contributed by atoms with Crippen molar-refractivity contribution in [2.24, 2.45) is 0 Å². The first-order chi connectivity index (χ1) is 11.3. The molecule has 130 valence electrons. The van der Waals surface area contributed by atoms with Crippen molar-refractivity contribution < 1.29 is 9.47 Å². The third-order valence-electron chi connectivity index (χ3n) is 3.02. The van der Waals surface area contributed by atoms with Crippen molar-refractivity contribution in [1.29, 1.82) is 0 Å². The van der Waals surface area contributed by atoms with Gasteiger partial charge in [-0.1, -0.05) is 0 Å². The summed E-state index contributed by atoms with van der Waals surface area (Å²) in [5, 5.41) is 0. The van der Waals surface area contributed by atoms with Crippen molar-refractivity contribution in [3.8, 4) is 11.5 Å². The largest absolute Gasteiger partial charge is 0.491 e. The van der Waals surface area contributed by atoms with Gasteiger partial charge in [-0.15, -0.1) is 0 Å². The molecule has 0 aromatic heterocycles. The summed E-state index contributed by atoms with van der Waals surface area (Å²) in [6, 6.07) is 8.54. The van der Waals surface area contributed by atoms with Gasteiger partial charge in [0.1, 0.15) is 11.5 Å². The van der Waals surface area contributed by atoms with Crippen molar-refractivity contribution >= 4 is 136 Å². The van der Waals surface area contributed by atoms with Gasteiger partial charge in [-0.3, -0.25) is 0 Å². The molecule has 0 aliphatic heterocycles. The zero-order chi connectivity index (χ0) is 17.9. The number of hydrogen-bond acceptors (Lipinski definition) is 2. The number of hydrogen-bond donors (Lipinski definition) is 0. The lowest BCUT2D eigenvalue weighted by Crippen LogP contribution is -2.17. The Bertz CT molecular complexity index is 688. The van der Waals surface area contributed by atoms with Crippen LogP contribution in [0.1, 0.15) is 13.3 Å². The van der Waals surface area contributed by atoms with Crippen molar-refractivity contribution in [3.63, 3.8) is 0 Å². The first kappa shape index (κ1) is 22.7. The Balaban J connectivity index is 1.94. The predicted octanol–water partition coefficient (Wildman–Crippen LogP) is 7.55. The Morgan fingerprint density at radius 2 is 1.17 bits per heavy atom. The Labute approximate surface area is 224 Å². The highest BCUT2D eigenvalue weighted by atomic mass is 127. The maximum atomic E-state index is 6.15. The van der Waals surface area contributed by atoms with Gasteiger partial charge in [0.25, 0.3) is 0 Å². The number of rotatable bonds is 6. The molecule has 0 radical (unpaired) electrons. The molecule has 0 amide bonds. The molecule has 0 aliphatic carbocycles. The topological polar surface area (TPSA) is 18.5 Å². The average Bonchev–Trinajstić information content (AvgIpc) is 2.45. The highest BCUT2D eigenvalue weighted by Crippen LogP contribution is 2.32. The van der Waals surface area contributed by atoms with E-state index in [1.807, 2.05) is 0 Å². The monoisotopic (exact) mass is 998 g/mol. The third-order valence-corrected chi connectivity index (χ3v) is 7.47. The fourth-order valence-corrected chi connectivity index (χ4v) is 9.63. The summed E-state index contributed by atoms with van der Waals surface area (Å²) >= 11 is 14.0. The maximum Gasteiger partial charge on any atom is 0.146 e. The SMILES string of the molecule is CC(CCOc1c(I)cc(I)cc1I)Oc1c(I)cc(I)cc1I. The Morgan fingerprint density at radius 3 is 1.62 bits per heavy atom. The quantitative estimate of drug-likeness (QED) is 0.279. The fraction of sp³-hybridized carbons (Fsp3) is 0.250. The predicted molar refractivity (Wildman–Crippen MR) is 149 cm³/mol. The molecule has 2 aromatic carbocycles. The van der Waals surface area contributed by atoms with Gasteiger partial charge in [-0.25, -0.2) is 0 Å². The molecule has 1 atom stereocenters. The molecule has 2 aromatic rings. The lowest BCUT2D eigenvalue weighted by molar-refractivity contribution is 0.174. The first-order valence-corrected chi connectivity index (χ1v) is 13.3. The molecule has 0 heterocycles. The van der Waals surface area contributed by atoms with E-state index in [1.165, 1.54) is 7.14 Å². The van der Waals surface area contributed by atoms with Crippen LogP contribution in [-0.4, -0.2) is 12.7 Å². The summed E-state index contributed by atoms with van der Waals surface area (Å²) < 4.78 is 19.2. The lowest BCUT2D eigenvalue weighted by Gasteiger charge is -2.18. The van der Waals surface area contributed by atoms with Gasteiger partial charge in [0.15, 0.2) is 0 Å². The van der Waals surface area contributed by atoms with Gasteiger partial charge in [0.2, 0.25) is 0 Å². The minimum Gasteiger partial charge on any atom is -0.491 e. The highest BCUT2D eigenvalue weighted by molar-refractivity contribution is 14.1. The van der Waals surface area contributed by atoms with E-state index in [0.29, 0.717) is 6.61 Å². The normalized spacial score (nSPS) is 12.1. The van der Waals surface area contributed by atoms with Crippen LogP contribution in [0.4, 0.5) is 0 Å². The van der Waals surface area contributed by atoms with Gasteiger partial charge < -0.3 is 9.47 Å². The molecule has 0 bridgehead atoms. The Morgan fingerprint density at radius 1 is 0.750 bits per heavy atom. The molecule has 0 saturated carbocycles. The molecule has 0 aliphatic rings. The van der Waals surface area contributed by atoms with E-state index in [1.54, 1.807) is 0 Å². The highest BCUT2D eigenvalue weighted by Gasteiger charge is 2.13. The van der Waals surface area contributed by atoms with Crippen LogP contribution < -0.4 is 9.47 Å². The Kier molecular flexibility index (Phi) is 10.2. The van der Waals surface area contributed by atoms with Gasteiger partial charge in [0.05, 0.1) is 27.0 Å². The van der Waals surface area contributed by atoms with Crippen LogP contribution in [-0.2, 0) is 0 Å². The summed E-state index contributed by atoms with van der Waals surface area (Å²) in [6.45, 7) is 2.74. The summed E-state index contributed by atoms with van der Waals surface area (Å²) in [7, 11) is 0. The smallest absolute Gasteiger partial charge is 0.146 e. The van der Waals surface area contributed by atoms with E-state index in [0.717, 1.165) is 32.2 Å². The summed E-state index contributed by atoms with van der Waals surface area (Å²) in [4.78, 5) is 0. The minimum atomic E-state index is 0.103. The second kappa shape index (κ2) is 10.8. The third kappa shape index (κ3) is 6.79. The standard InChI is InChI=1S/C16H12I6O2/c1-8(24-16-13(21)6-10(18)7-14(16)22)2-3-23-15-11(19)4-9(17)5-12(15)20/h4-8H,2-3H2,1H3. The first-order valence-electron chi connectivity index (χ1n) is 6.86. The molecule has 2 rings (SSSR count). The van der Waals surface area contributed by atoms with Crippen LogP contribution in [0.2, 0.25) is 0 Å².